The van der Waals surface area contributed by atoms with Crippen LogP contribution in [-0.2, 0) is 14.8 Å². The number of carbonyl (C=O) groups excluding carboxylic acids is 1. The number of rotatable bonds is 6. The highest BCUT2D eigenvalue weighted by atomic mass is 32.2. The van der Waals surface area contributed by atoms with Crippen LogP contribution >= 0.6 is 0 Å². The molecule has 3 rings (SSSR count). The van der Waals surface area contributed by atoms with Gasteiger partial charge in [-0.25, -0.2) is 12.8 Å². The van der Waals surface area contributed by atoms with Gasteiger partial charge in [0.15, 0.2) is 0 Å². The molecule has 0 atom stereocenters. The lowest BCUT2D eigenvalue weighted by Crippen LogP contribution is -2.41. The Bertz CT molecular complexity index is 858. The summed E-state index contributed by atoms with van der Waals surface area (Å²) in [6.07, 6.45) is 5.06. The van der Waals surface area contributed by atoms with E-state index >= 15 is 0 Å². The van der Waals surface area contributed by atoms with Crippen molar-refractivity contribution in [1.29, 1.82) is 0 Å². The zero-order valence-corrected chi connectivity index (χ0v) is 18.9. The number of nitrogens with zero attached hydrogens (tertiary/aromatic N) is 1. The van der Waals surface area contributed by atoms with Crippen molar-refractivity contribution in [3.05, 3.63) is 29.6 Å². The molecule has 1 saturated carbocycles. The van der Waals surface area contributed by atoms with Gasteiger partial charge in [0.1, 0.15) is 10.7 Å². The van der Waals surface area contributed by atoms with Crippen molar-refractivity contribution >= 4 is 15.9 Å². The molecule has 2 aliphatic rings. The van der Waals surface area contributed by atoms with Crippen LogP contribution in [-0.4, -0.2) is 51.0 Å². The first-order valence-electron chi connectivity index (χ1n) is 10.8. The van der Waals surface area contributed by atoms with Crippen molar-refractivity contribution in [3.8, 4) is 0 Å². The van der Waals surface area contributed by atoms with Gasteiger partial charge >= 0.3 is 0 Å². The summed E-state index contributed by atoms with van der Waals surface area (Å²) >= 11 is 0. The fourth-order valence-electron chi connectivity index (χ4n) is 4.34. The summed E-state index contributed by atoms with van der Waals surface area (Å²) in [6, 6.07) is 3.62. The van der Waals surface area contributed by atoms with Crippen LogP contribution in [0.2, 0.25) is 0 Å². The molecule has 1 N–H and O–H groups in total. The number of hydrogen-bond donors (Lipinski definition) is 1. The second-order valence-electron chi connectivity index (χ2n) is 9.03. The Morgan fingerprint density at radius 1 is 1.20 bits per heavy atom. The van der Waals surface area contributed by atoms with Crippen LogP contribution in [0.25, 0.3) is 0 Å². The molecule has 0 unspecified atom stereocenters. The summed E-state index contributed by atoms with van der Waals surface area (Å²) in [5, 5.41) is 3.01. The normalized spacial score (nSPS) is 23.9. The average molecular weight is 441 g/mol. The van der Waals surface area contributed by atoms with E-state index in [0.29, 0.717) is 11.3 Å². The first-order valence-corrected chi connectivity index (χ1v) is 12.3. The van der Waals surface area contributed by atoms with E-state index in [-0.39, 0.29) is 43.8 Å². The van der Waals surface area contributed by atoms with Crippen molar-refractivity contribution in [2.45, 2.75) is 63.8 Å². The Balaban J connectivity index is 1.68. The van der Waals surface area contributed by atoms with Crippen molar-refractivity contribution in [1.82, 2.24) is 9.62 Å². The van der Waals surface area contributed by atoms with E-state index in [9.17, 15) is 17.6 Å². The number of hydrogen-bond acceptors (Lipinski definition) is 4. The molecule has 6 nitrogen and oxygen atoms in total. The average Bonchev–Trinajstić information content (AvgIpc) is 2.75. The Hall–Kier alpha value is -1.51. The third kappa shape index (κ3) is 5.03. The molecule has 0 spiro atoms. The molecule has 2 fully saturated rings. The third-order valence-corrected chi connectivity index (χ3v) is 8.77. The predicted octanol–water partition coefficient (Wildman–Crippen LogP) is 3.57. The predicted molar refractivity (Wildman–Crippen MR) is 113 cm³/mol. The number of benzene rings is 1. The van der Waals surface area contributed by atoms with Gasteiger partial charge in [-0.3, -0.25) is 4.79 Å². The van der Waals surface area contributed by atoms with Gasteiger partial charge in [0.05, 0.1) is 13.2 Å². The van der Waals surface area contributed by atoms with Crippen LogP contribution in [0.1, 0.15) is 63.2 Å². The number of morpholine rings is 1. The Morgan fingerprint density at radius 3 is 2.43 bits per heavy atom. The minimum absolute atomic E-state index is 0.0609. The molecule has 168 valence electrons. The van der Waals surface area contributed by atoms with E-state index in [1.165, 1.54) is 10.4 Å². The molecule has 1 aromatic carbocycles. The van der Waals surface area contributed by atoms with Crippen molar-refractivity contribution < 1.29 is 22.3 Å². The van der Waals surface area contributed by atoms with Gasteiger partial charge < -0.3 is 10.1 Å². The minimum Gasteiger partial charge on any atom is -0.379 e. The SMILES string of the molecule is CCC(C)(C)C1CCC(NC(=O)c2ccc(F)c(S(=O)(=O)N3CCOCC3)c2)CC1. The first kappa shape index (κ1) is 23.2. The van der Waals surface area contributed by atoms with Gasteiger partial charge in [0.2, 0.25) is 10.0 Å². The van der Waals surface area contributed by atoms with Crippen LogP contribution in [0.5, 0.6) is 0 Å². The first-order chi connectivity index (χ1) is 14.1. The smallest absolute Gasteiger partial charge is 0.251 e. The topological polar surface area (TPSA) is 75.7 Å². The zero-order valence-electron chi connectivity index (χ0n) is 18.1. The van der Waals surface area contributed by atoms with Gasteiger partial charge in [-0.05, 0) is 55.2 Å². The molecular weight excluding hydrogens is 407 g/mol. The summed E-state index contributed by atoms with van der Waals surface area (Å²) in [7, 11) is -4.01. The zero-order chi connectivity index (χ0) is 21.9. The molecule has 1 aliphatic heterocycles. The van der Waals surface area contributed by atoms with Gasteiger partial charge in [0.25, 0.3) is 5.91 Å². The molecule has 8 heteroatoms. The largest absolute Gasteiger partial charge is 0.379 e. The highest BCUT2D eigenvalue weighted by Crippen LogP contribution is 2.40. The van der Waals surface area contributed by atoms with E-state index in [1.54, 1.807) is 0 Å². The van der Waals surface area contributed by atoms with Crippen molar-refractivity contribution in [2.75, 3.05) is 26.3 Å². The molecule has 0 radical (unpaired) electrons. The molecule has 0 aromatic heterocycles. The molecule has 1 aliphatic carbocycles. The third-order valence-electron chi connectivity index (χ3n) is 6.86. The lowest BCUT2D eigenvalue weighted by Gasteiger charge is -2.39. The minimum atomic E-state index is -4.01. The summed E-state index contributed by atoms with van der Waals surface area (Å²) < 4.78 is 46.4. The second-order valence-corrected chi connectivity index (χ2v) is 10.9. The fraction of sp³-hybridized carbons (Fsp3) is 0.682. The van der Waals surface area contributed by atoms with E-state index in [4.69, 9.17) is 4.74 Å². The standard InChI is InChI=1S/C22H33FN2O4S/c1-4-22(2,3)17-6-8-18(9-7-17)24-21(26)16-5-10-19(23)20(15-16)30(27,28)25-11-13-29-14-12-25/h5,10,15,17-18H,4,6-9,11-14H2,1-3H3,(H,24,26). The number of sulfonamides is 1. The van der Waals surface area contributed by atoms with Gasteiger partial charge in [-0.1, -0.05) is 27.2 Å². The van der Waals surface area contributed by atoms with Crippen LogP contribution in [0.3, 0.4) is 0 Å². The Morgan fingerprint density at radius 2 is 1.83 bits per heavy atom. The lowest BCUT2D eigenvalue weighted by molar-refractivity contribution is 0.0729. The molecule has 1 heterocycles. The summed E-state index contributed by atoms with van der Waals surface area (Å²) in [5.41, 5.74) is 0.466. The van der Waals surface area contributed by atoms with Crippen molar-refractivity contribution in [3.63, 3.8) is 0 Å². The fourth-order valence-corrected chi connectivity index (χ4v) is 5.84. The lowest BCUT2D eigenvalue weighted by atomic mass is 9.69. The molecule has 1 saturated heterocycles. The number of nitrogens with one attached hydrogen (secondary N) is 1. The van der Waals surface area contributed by atoms with E-state index in [0.717, 1.165) is 44.2 Å². The number of carbonyl (C=O) groups is 1. The van der Waals surface area contributed by atoms with Crippen LogP contribution in [0.15, 0.2) is 23.1 Å². The highest BCUT2D eigenvalue weighted by Gasteiger charge is 2.33. The molecule has 0 bridgehead atoms. The number of ether oxygens (including phenoxy) is 1. The Kier molecular flexibility index (Phi) is 7.20. The number of amides is 1. The maximum absolute atomic E-state index is 14.4. The molecule has 30 heavy (non-hydrogen) atoms. The van der Waals surface area contributed by atoms with Crippen LogP contribution in [0.4, 0.5) is 4.39 Å². The highest BCUT2D eigenvalue weighted by molar-refractivity contribution is 7.89. The maximum atomic E-state index is 14.4. The van der Waals surface area contributed by atoms with E-state index < -0.39 is 20.7 Å². The number of halogens is 1. The molecular formula is C22H33FN2O4S. The monoisotopic (exact) mass is 440 g/mol. The van der Waals surface area contributed by atoms with Crippen molar-refractivity contribution in [2.24, 2.45) is 11.3 Å². The second kappa shape index (κ2) is 9.32. The van der Waals surface area contributed by atoms with E-state index in [1.807, 2.05) is 0 Å². The van der Waals surface area contributed by atoms with Crippen LogP contribution in [0, 0.1) is 17.2 Å². The summed E-state index contributed by atoms with van der Waals surface area (Å²) in [6.45, 7) is 7.71. The summed E-state index contributed by atoms with van der Waals surface area (Å²) in [5.74, 6) is -0.557. The van der Waals surface area contributed by atoms with E-state index in [2.05, 4.69) is 26.1 Å². The quantitative estimate of drug-likeness (QED) is 0.734. The van der Waals surface area contributed by atoms with Gasteiger partial charge in [0, 0.05) is 24.7 Å². The van der Waals surface area contributed by atoms with Crippen LogP contribution < -0.4 is 5.32 Å². The molecule has 1 aromatic rings. The molecule has 1 amide bonds. The maximum Gasteiger partial charge on any atom is 0.251 e. The summed E-state index contributed by atoms with van der Waals surface area (Å²) in [4.78, 5) is 12.3. The Labute approximate surface area is 179 Å². The van der Waals surface area contributed by atoms with Gasteiger partial charge in [-0.15, -0.1) is 0 Å². The van der Waals surface area contributed by atoms with Gasteiger partial charge in [-0.2, -0.15) is 4.31 Å².